The van der Waals surface area contributed by atoms with E-state index in [1.165, 1.54) is 23.5 Å². The summed E-state index contributed by atoms with van der Waals surface area (Å²) >= 11 is 1.52. The third-order valence-electron chi connectivity index (χ3n) is 2.88. The van der Waals surface area contributed by atoms with Crippen LogP contribution in [-0.2, 0) is 9.53 Å². The number of esters is 1. The molecular weight excluding hydrogens is 306 g/mol. The quantitative estimate of drug-likeness (QED) is 0.734. The Balaban J connectivity index is 1.86. The summed E-state index contributed by atoms with van der Waals surface area (Å²) in [5.74, 6) is -1.85. The molecule has 0 aliphatic heterocycles. The SMILES string of the molecule is C[C@H](NC(=O)COC(=O)c1ccc(O)cc1O)c1cccs1. The van der Waals surface area contributed by atoms with Crippen LogP contribution < -0.4 is 5.32 Å². The van der Waals surface area contributed by atoms with Crippen LogP contribution in [0.1, 0.15) is 28.2 Å². The minimum Gasteiger partial charge on any atom is -0.508 e. The van der Waals surface area contributed by atoms with Crippen molar-refractivity contribution in [1.82, 2.24) is 5.32 Å². The zero-order valence-corrected chi connectivity index (χ0v) is 12.6. The van der Waals surface area contributed by atoms with Gasteiger partial charge in [0.15, 0.2) is 6.61 Å². The van der Waals surface area contributed by atoms with Gasteiger partial charge in [0.05, 0.1) is 6.04 Å². The lowest BCUT2D eigenvalue weighted by Crippen LogP contribution is -2.30. The molecule has 1 aromatic carbocycles. The lowest BCUT2D eigenvalue weighted by molar-refractivity contribution is -0.124. The molecule has 1 amide bonds. The number of benzene rings is 1. The Bertz CT molecular complexity index is 669. The molecule has 7 heteroatoms. The molecule has 0 fully saturated rings. The van der Waals surface area contributed by atoms with Crippen LogP contribution in [-0.4, -0.2) is 28.7 Å². The van der Waals surface area contributed by atoms with E-state index in [1.54, 1.807) is 0 Å². The molecule has 0 bridgehead atoms. The summed E-state index contributed by atoms with van der Waals surface area (Å²) in [4.78, 5) is 24.5. The van der Waals surface area contributed by atoms with Gasteiger partial charge in [-0.05, 0) is 30.5 Å². The second-order valence-electron chi connectivity index (χ2n) is 4.58. The molecule has 1 aromatic heterocycles. The predicted octanol–water partition coefficient (Wildman–Crippen LogP) is 2.19. The van der Waals surface area contributed by atoms with Gasteiger partial charge in [0.1, 0.15) is 17.1 Å². The monoisotopic (exact) mass is 321 g/mol. The molecule has 2 aromatic rings. The average Bonchev–Trinajstić information content (AvgIpc) is 2.99. The van der Waals surface area contributed by atoms with Gasteiger partial charge in [-0.2, -0.15) is 0 Å². The van der Waals surface area contributed by atoms with E-state index in [4.69, 9.17) is 9.84 Å². The maximum atomic E-state index is 11.8. The van der Waals surface area contributed by atoms with Crippen molar-refractivity contribution in [1.29, 1.82) is 0 Å². The van der Waals surface area contributed by atoms with Gasteiger partial charge >= 0.3 is 5.97 Å². The topological polar surface area (TPSA) is 95.9 Å². The van der Waals surface area contributed by atoms with Crippen molar-refractivity contribution >= 4 is 23.2 Å². The van der Waals surface area contributed by atoms with Crippen LogP contribution in [0.3, 0.4) is 0 Å². The summed E-state index contributed by atoms with van der Waals surface area (Å²) in [7, 11) is 0. The van der Waals surface area contributed by atoms with Gasteiger partial charge in [-0.25, -0.2) is 4.79 Å². The predicted molar refractivity (Wildman–Crippen MR) is 80.9 cm³/mol. The summed E-state index contributed by atoms with van der Waals surface area (Å²) < 4.78 is 4.84. The molecular formula is C15H15NO5S. The Kier molecular flexibility index (Phi) is 5.00. The lowest BCUT2D eigenvalue weighted by Gasteiger charge is -2.12. The van der Waals surface area contributed by atoms with Gasteiger partial charge in [0.25, 0.3) is 5.91 Å². The average molecular weight is 321 g/mol. The molecule has 0 unspecified atom stereocenters. The summed E-state index contributed by atoms with van der Waals surface area (Å²) in [6.45, 7) is 1.38. The number of aromatic hydroxyl groups is 2. The van der Waals surface area contributed by atoms with E-state index < -0.39 is 24.2 Å². The van der Waals surface area contributed by atoms with Crippen LogP contribution >= 0.6 is 11.3 Å². The van der Waals surface area contributed by atoms with E-state index in [1.807, 2.05) is 24.4 Å². The summed E-state index contributed by atoms with van der Waals surface area (Å²) in [5, 5.41) is 23.3. The fourth-order valence-corrected chi connectivity index (χ4v) is 2.53. The molecule has 0 saturated carbocycles. The number of carbonyl (C=O) groups is 2. The van der Waals surface area contributed by atoms with Crippen molar-refractivity contribution in [2.45, 2.75) is 13.0 Å². The van der Waals surface area contributed by atoms with Gasteiger partial charge in [-0.1, -0.05) is 6.07 Å². The molecule has 0 spiro atoms. The second-order valence-corrected chi connectivity index (χ2v) is 5.56. The summed E-state index contributed by atoms with van der Waals surface area (Å²) in [6.07, 6.45) is 0. The van der Waals surface area contributed by atoms with Crippen molar-refractivity contribution in [2.24, 2.45) is 0 Å². The molecule has 1 atom stereocenters. The fraction of sp³-hybridized carbons (Fsp3) is 0.200. The molecule has 1 heterocycles. The minimum atomic E-state index is -0.837. The normalized spacial score (nSPS) is 11.7. The van der Waals surface area contributed by atoms with E-state index in [2.05, 4.69) is 5.32 Å². The van der Waals surface area contributed by atoms with E-state index in [0.29, 0.717) is 0 Å². The third-order valence-corrected chi connectivity index (χ3v) is 3.94. The zero-order chi connectivity index (χ0) is 16.1. The summed E-state index contributed by atoms with van der Waals surface area (Å²) in [6, 6.07) is 7.10. The van der Waals surface area contributed by atoms with Crippen LogP contribution in [0.4, 0.5) is 0 Å². The number of phenolic OH excluding ortho intramolecular Hbond substituents is 2. The number of hydrogen-bond acceptors (Lipinski definition) is 6. The first kappa shape index (κ1) is 15.8. The Morgan fingerprint density at radius 3 is 2.73 bits per heavy atom. The number of hydrogen-bond donors (Lipinski definition) is 3. The van der Waals surface area contributed by atoms with E-state index >= 15 is 0 Å². The van der Waals surface area contributed by atoms with Crippen LogP contribution in [0.15, 0.2) is 35.7 Å². The Morgan fingerprint density at radius 1 is 1.32 bits per heavy atom. The molecule has 0 saturated heterocycles. The molecule has 6 nitrogen and oxygen atoms in total. The smallest absolute Gasteiger partial charge is 0.342 e. The Hall–Kier alpha value is -2.54. The van der Waals surface area contributed by atoms with Gasteiger partial charge in [-0.3, -0.25) is 4.79 Å². The van der Waals surface area contributed by atoms with Gasteiger partial charge in [-0.15, -0.1) is 11.3 Å². The molecule has 116 valence electrons. The third kappa shape index (κ3) is 3.98. The van der Waals surface area contributed by atoms with Crippen LogP contribution in [0.2, 0.25) is 0 Å². The number of rotatable bonds is 5. The highest BCUT2D eigenvalue weighted by atomic mass is 32.1. The number of carbonyl (C=O) groups excluding carboxylic acids is 2. The molecule has 0 radical (unpaired) electrons. The van der Waals surface area contributed by atoms with Crippen molar-refractivity contribution in [3.05, 3.63) is 46.2 Å². The standard InChI is InChI=1S/C15H15NO5S/c1-9(13-3-2-6-22-13)16-14(19)8-21-15(20)11-5-4-10(17)7-12(11)18/h2-7,9,17-18H,8H2,1H3,(H,16,19)/t9-/m0/s1. The molecule has 3 N–H and O–H groups in total. The highest BCUT2D eigenvalue weighted by Crippen LogP contribution is 2.23. The number of nitrogens with one attached hydrogen (secondary N) is 1. The van der Waals surface area contributed by atoms with Gasteiger partial charge in [0.2, 0.25) is 0 Å². The second kappa shape index (κ2) is 6.95. The molecule has 2 rings (SSSR count). The van der Waals surface area contributed by atoms with Crippen LogP contribution in [0.25, 0.3) is 0 Å². The lowest BCUT2D eigenvalue weighted by atomic mass is 10.2. The van der Waals surface area contributed by atoms with Crippen LogP contribution in [0, 0.1) is 0 Å². The van der Waals surface area contributed by atoms with Gasteiger partial charge < -0.3 is 20.3 Å². The first-order chi connectivity index (χ1) is 10.5. The Morgan fingerprint density at radius 2 is 2.09 bits per heavy atom. The van der Waals surface area contributed by atoms with Crippen molar-refractivity contribution in [2.75, 3.05) is 6.61 Å². The maximum absolute atomic E-state index is 11.8. The maximum Gasteiger partial charge on any atom is 0.342 e. The highest BCUT2D eigenvalue weighted by molar-refractivity contribution is 7.10. The van der Waals surface area contributed by atoms with Crippen molar-refractivity contribution in [3.8, 4) is 11.5 Å². The number of ether oxygens (including phenoxy) is 1. The number of phenols is 2. The number of amides is 1. The van der Waals surface area contributed by atoms with Gasteiger partial charge in [0, 0.05) is 10.9 Å². The van der Waals surface area contributed by atoms with E-state index in [-0.39, 0.29) is 17.4 Å². The largest absolute Gasteiger partial charge is 0.508 e. The first-order valence-corrected chi connectivity index (χ1v) is 7.37. The molecule has 0 aliphatic rings. The molecule has 0 aliphatic carbocycles. The first-order valence-electron chi connectivity index (χ1n) is 6.49. The van der Waals surface area contributed by atoms with E-state index in [9.17, 15) is 14.7 Å². The number of thiophene rings is 1. The van der Waals surface area contributed by atoms with Crippen molar-refractivity contribution < 1.29 is 24.5 Å². The summed E-state index contributed by atoms with van der Waals surface area (Å²) in [5.41, 5.74) is -0.114. The fourth-order valence-electron chi connectivity index (χ4n) is 1.79. The Labute approximate surface area is 131 Å². The van der Waals surface area contributed by atoms with Crippen LogP contribution in [0.5, 0.6) is 11.5 Å². The van der Waals surface area contributed by atoms with E-state index in [0.717, 1.165) is 10.9 Å². The molecule has 22 heavy (non-hydrogen) atoms. The minimum absolute atomic E-state index is 0.114. The zero-order valence-electron chi connectivity index (χ0n) is 11.8. The van der Waals surface area contributed by atoms with Crippen molar-refractivity contribution in [3.63, 3.8) is 0 Å². The highest BCUT2D eigenvalue weighted by Gasteiger charge is 2.16.